The lowest BCUT2D eigenvalue weighted by Gasteiger charge is -2.20. The van der Waals surface area contributed by atoms with Crippen LogP contribution in [0.25, 0.3) is 0 Å². The summed E-state index contributed by atoms with van der Waals surface area (Å²) in [4.78, 5) is 35.4. The molecule has 2 N–H and O–H groups in total. The zero-order valence-electron chi connectivity index (χ0n) is 18.1. The molecule has 2 aromatic carbocycles. The van der Waals surface area contributed by atoms with E-state index in [1.54, 1.807) is 24.3 Å². The molecule has 172 valence electrons. The quantitative estimate of drug-likeness (QED) is 0.568. The highest BCUT2D eigenvalue weighted by molar-refractivity contribution is 7.89. The minimum absolute atomic E-state index is 0.0480. The SMILES string of the molecule is CNC(=O)NC(=O)C(C)OC(=O)c1ccc(OC)c(S(=O)(=O)N(C)Cc2ccccc2)c1. The van der Waals surface area contributed by atoms with Gasteiger partial charge < -0.3 is 14.8 Å². The summed E-state index contributed by atoms with van der Waals surface area (Å²) in [6, 6.07) is 12.0. The standard InChI is InChI=1S/C21H25N3O7S/c1-14(19(25)23-21(27)22-2)31-20(26)16-10-11-17(30-4)18(12-16)32(28,29)24(3)13-15-8-6-5-7-9-15/h5-12,14H,13H2,1-4H3,(H2,22,23,25,27). The van der Waals surface area contributed by atoms with Gasteiger partial charge in [0.1, 0.15) is 10.6 Å². The van der Waals surface area contributed by atoms with Gasteiger partial charge in [0.25, 0.3) is 5.91 Å². The number of carbonyl (C=O) groups excluding carboxylic acids is 3. The van der Waals surface area contributed by atoms with E-state index >= 15 is 0 Å². The van der Waals surface area contributed by atoms with E-state index in [2.05, 4.69) is 5.32 Å². The first-order chi connectivity index (χ1) is 15.1. The highest BCUT2D eigenvalue weighted by Crippen LogP contribution is 2.28. The van der Waals surface area contributed by atoms with Gasteiger partial charge in [-0.3, -0.25) is 10.1 Å². The average Bonchev–Trinajstić information content (AvgIpc) is 2.78. The lowest BCUT2D eigenvalue weighted by Crippen LogP contribution is -2.43. The molecule has 0 spiro atoms. The van der Waals surface area contributed by atoms with E-state index in [0.29, 0.717) is 0 Å². The molecule has 0 bridgehead atoms. The molecule has 0 aliphatic carbocycles. The van der Waals surface area contributed by atoms with E-state index in [1.807, 2.05) is 11.4 Å². The van der Waals surface area contributed by atoms with Crippen LogP contribution in [-0.4, -0.2) is 57.9 Å². The van der Waals surface area contributed by atoms with Gasteiger partial charge in [-0.25, -0.2) is 18.0 Å². The number of hydrogen-bond donors (Lipinski definition) is 2. The Bertz CT molecular complexity index is 1090. The second-order valence-corrected chi connectivity index (χ2v) is 8.74. The third-order valence-electron chi connectivity index (χ3n) is 4.45. The number of methoxy groups -OCH3 is 1. The lowest BCUT2D eigenvalue weighted by atomic mass is 10.2. The Balaban J connectivity index is 2.26. The Labute approximate surface area is 186 Å². The van der Waals surface area contributed by atoms with Gasteiger partial charge in [-0.15, -0.1) is 0 Å². The highest BCUT2D eigenvalue weighted by atomic mass is 32.2. The van der Waals surface area contributed by atoms with Gasteiger partial charge in [-0.2, -0.15) is 4.31 Å². The normalized spacial score (nSPS) is 12.0. The predicted molar refractivity (Wildman–Crippen MR) is 116 cm³/mol. The average molecular weight is 464 g/mol. The van der Waals surface area contributed by atoms with Gasteiger partial charge in [0.05, 0.1) is 12.7 Å². The van der Waals surface area contributed by atoms with Crippen molar-refractivity contribution in [3.05, 3.63) is 59.7 Å². The summed E-state index contributed by atoms with van der Waals surface area (Å²) in [5, 5.41) is 4.19. The Hall–Kier alpha value is -3.44. The molecule has 0 aliphatic heterocycles. The number of amides is 3. The van der Waals surface area contributed by atoms with E-state index in [9.17, 15) is 22.8 Å². The molecule has 0 fully saturated rings. The summed E-state index contributed by atoms with van der Waals surface area (Å²) in [5.41, 5.74) is 0.682. The number of esters is 1. The van der Waals surface area contributed by atoms with Crippen molar-refractivity contribution in [2.45, 2.75) is 24.5 Å². The summed E-state index contributed by atoms with van der Waals surface area (Å²) >= 11 is 0. The van der Waals surface area contributed by atoms with Crippen LogP contribution in [0.1, 0.15) is 22.8 Å². The highest BCUT2D eigenvalue weighted by Gasteiger charge is 2.28. The van der Waals surface area contributed by atoms with Crippen molar-refractivity contribution in [3.63, 3.8) is 0 Å². The topological polar surface area (TPSA) is 131 Å². The first-order valence-corrected chi connectivity index (χ1v) is 11.0. The van der Waals surface area contributed by atoms with Crippen LogP contribution in [0.4, 0.5) is 4.79 Å². The van der Waals surface area contributed by atoms with E-state index in [1.165, 1.54) is 40.3 Å². The van der Waals surface area contributed by atoms with Gasteiger partial charge in [-0.1, -0.05) is 30.3 Å². The summed E-state index contributed by atoms with van der Waals surface area (Å²) < 4.78 is 37.7. The van der Waals surface area contributed by atoms with Crippen LogP contribution < -0.4 is 15.4 Å². The number of benzene rings is 2. The monoisotopic (exact) mass is 463 g/mol. The summed E-state index contributed by atoms with van der Waals surface area (Å²) in [6.45, 7) is 1.39. The van der Waals surface area contributed by atoms with Crippen LogP contribution in [-0.2, 0) is 26.1 Å². The fourth-order valence-electron chi connectivity index (χ4n) is 2.66. The fraction of sp³-hybridized carbons (Fsp3) is 0.286. The summed E-state index contributed by atoms with van der Waals surface area (Å²) in [6.07, 6.45) is -1.29. The van der Waals surface area contributed by atoms with Crippen LogP contribution in [0.15, 0.2) is 53.4 Å². The van der Waals surface area contributed by atoms with E-state index in [-0.39, 0.29) is 22.8 Å². The molecule has 0 saturated carbocycles. The van der Waals surface area contributed by atoms with Crippen molar-refractivity contribution in [1.82, 2.24) is 14.9 Å². The zero-order valence-corrected chi connectivity index (χ0v) is 18.9. The minimum Gasteiger partial charge on any atom is -0.495 e. The van der Waals surface area contributed by atoms with Crippen molar-refractivity contribution >= 4 is 27.9 Å². The molecule has 0 aliphatic rings. The van der Waals surface area contributed by atoms with Gasteiger partial charge in [-0.05, 0) is 30.7 Å². The smallest absolute Gasteiger partial charge is 0.338 e. The van der Waals surface area contributed by atoms with E-state index < -0.39 is 34.0 Å². The molecule has 0 aromatic heterocycles. The van der Waals surface area contributed by atoms with Crippen LogP contribution in [0.2, 0.25) is 0 Å². The third kappa shape index (κ3) is 6.05. The van der Waals surface area contributed by atoms with E-state index in [4.69, 9.17) is 9.47 Å². The van der Waals surface area contributed by atoms with Crippen molar-refractivity contribution in [1.29, 1.82) is 0 Å². The predicted octanol–water partition coefficient (Wildman–Crippen LogP) is 1.52. The lowest BCUT2D eigenvalue weighted by molar-refractivity contribution is -0.127. The molecule has 0 heterocycles. The molecule has 1 atom stereocenters. The number of imide groups is 1. The van der Waals surface area contributed by atoms with E-state index in [0.717, 1.165) is 15.9 Å². The second-order valence-electron chi connectivity index (χ2n) is 6.73. The van der Waals surface area contributed by atoms with Gasteiger partial charge in [0.2, 0.25) is 10.0 Å². The number of urea groups is 1. The molecular weight excluding hydrogens is 438 g/mol. The maximum Gasteiger partial charge on any atom is 0.338 e. The molecule has 1 unspecified atom stereocenters. The Morgan fingerprint density at radius 1 is 1.09 bits per heavy atom. The molecular formula is C21H25N3O7S. The number of rotatable bonds is 8. The number of ether oxygens (including phenoxy) is 2. The maximum absolute atomic E-state index is 13.2. The molecule has 3 amide bonds. The summed E-state index contributed by atoms with van der Waals surface area (Å²) in [7, 11) is 0.0240. The van der Waals surface area contributed by atoms with Crippen LogP contribution in [0, 0.1) is 0 Å². The Morgan fingerprint density at radius 2 is 1.75 bits per heavy atom. The molecule has 32 heavy (non-hydrogen) atoms. The van der Waals surface area contributed by atoms with Crippen molar-refractivity contribution in [2.24, 2.45) is 0 Å². The maximum atomic E-state index is 13.2. The molecule has 0 saturated heterocycles. The molecule has 10 nitrogen and oxygen atoms in total. The van der Waals surface area contributed by atoms with Crippen molar-refractivity contribution in [3.8, 4) is 5.75 Å². The first-order valence-electron chi connectivity index (χ1n) is 9.52. The van der Waals surface area contributed by atoms with Gasteiger partial charge in [0.15, 0.2) is 6.10 Å². The third-order valence-corrected chi connectivity index (χ3v) is 6.28. The van der Waals surface area contributed by atoms with Gasteiger partial charge in [0, 0.05) is 20.6 Å². The number of nitrogens with zero attached hydrogens (tertiary/aromatic N) is 1. The fourth-order valence-corrected chi connectivity index (χ4v) is 3.99. The van der Waals surface area contributed by atoms with Gasteiger partial charge >= 0.3 is 12.0 Å². The minimum atomic E-state index is -4.03. The number of hydrogen-bond acceptors (Lipinski definition) is 7. The zero-order chi connectivity index (χ0) is 23.9. The Kier molecular flexibility index (Phi) is 8.33. The Morgan fingerprint density at radius 3 is 2.34 bits per heavy atom. The van der Waals surface area contributed by atoms with Crippen LogP contribution in [0.3, 0.4) is 0 Å². The largest absolute Gasteiger partial charge is 0.495 e. The number of sulfonamides is 1. The second kappa shape index (κ2) is 10.7. The molecule has 11 heteroatoms. The first kappa shape index (κ1) is 24.8. The number of nitrogens with one attached hydrogen (secondary N) is 2. The molecule has 2 aromatic rings. The molecule has 0 radical (unpaired) electrons. The number of carbonyl (C=O) groups is 3. The van der Waals surface area contributed by atoms with Crippen molar-refractivity contribution < 1.29 is 32.3 Å². The molecule has 2 rings (SSSR count). The van der Waals surface area contributed by atoms with Crippen molar-refractivity contribution in [2.75, 3.05) is 21.2 Å². The van der Waals surface area contributed by atoms with Crippen LogP contribution >= 0.6 is 0 Å². The van der Waals surface area contributed by atoms with Crippen LogP contribution in [0.5, 0.6) is 5.75 Å². The summed E-state index contributed by atoms with van der Waals surface area (Å²) in [5.74, 6) is -1.72.